The lowest BCUT2D eigenvalue weighted by molar-refractivity contribution is -0.115. The maximum absolute atomic E-state index is 12.0. The van der Waals surface area contributed by atoms with Gasteiger partial charge in [0, 0.05) is 16.6 Å². The molecular weight excluding hydrogens is 372 g/mol. The zero-order valence-corrected chi connectivity index (χ0v) is 15.0. The molecule has 0 aliphatic carbocycles. The fourth-order valence-corrected chi connectivity index (χ4v) is 4.02. The van der Waals surface area contributed by atoms with Crippen LogP contribution in [0.15, 0.2) is 50.7 Å². The van der Waals surface area contributed by atoms with E-state index in [-0.39, 0.29) is 11.7 Å². The molecule has 3 aromatic rings. The summed E-state index contributed by atoms with van der Waals surface area (Å²) < 4.78 is 2.68. The number of thioether (sulfide) groups is 1. The first-order valence-electron chi connectivity index (χ1n) is 6.56. The average Bonchev–Trinajstić information content (AvgIpc) is 3.20. The Morgan fingerprint density at radius 3 is 3.00 bits per heavy atom. The van der Waals surface area contributed by atoms with Gasteiger partial charge in [-0.1, -0.05) is 52.9 Å². The summed E-state index contributed by atoms with van der Waals surface area (Å²) in [5.41, 5.74) is 2.63. The Morgan fingerprint density at radius 1 is 1.35 bits per heavy atom. The van der Waals surface area contributed by atoms with Crippen LogP contribution < -0.4 is 4.80 Å². The molecule has 1 amide bonds. The normalized spacial score (nSPS) is 11.8. The van der Waals surface area contributed by atoms with Crippen LogP contribution in [0.2, 0.25) is 5.02 Å². The van der Waals surface area contributed by atoms with Gasteiger partial charge < -0.3 is 4.57 Å². The predicted octanol–water partition coefficient (Wildman–Crippen LogP) is 3.32. The van der Waals surface area contributed by atoms with E-state index in [9.17, 15) is 4.79 Å². The van der Waals surface area contributed by atoms with Crippen molar-refractivity contribution in [3.05, 3.63) is 56.7 Å². The van der Waals surface area contributed by atoms with Gasteiger partial charge in [-0.3, -0.25) is 4.79 Å². The van der Waals surface area contributed by atoms with Gasteiger partial charge in [-0.2, -0.15) is 4.99 Å². The minimum atomic E-state index is -0.194. The van der Waals surface area contributed by atoms with Crippen molar-refractivity contribution < 1.29 is 4.79 Å². The smallest absolute Gasteiger partial charge is 0.258 e. The molecule has 0 saturated heterocycles. The maximum atomic E-state index is 12.0. The second kappa shape index (κ2) is 7.87. The summed E-state index contributed by atoms with van der Waals surface area (Å²) in [6.45, 7) is 0.582. The molecule has 0 spiro atoms. The molecule has 1 aromatic carbocycles. The molecule has 0 N–H and O–H groups in total. The number of hydrogen-bond donors (Lipinski definition) is 0. The van der Waals surface area contributed by atoms with Gasteiger partial charge >= 0.3 is 0 Å². The van der Waals surface area contributed by atoms with Crippen molar-refractivity contribution in [2.45, 2.75) is 10.9 Å². The number of carbonyl (C=O) groups is 1. The maximum Gasteiger partial charge on any atom is 0.258 e. The highest BCUT2D eigenvalue weighted by atomic mass is 35.5. The van der Waals surface area contributed by atoms with E-state index >= 15 is 0 Å². The van der Waals surface area contributed by atoms with Crippen molar-refractivity contribution in [2.24, 2.45) is 4.99 Å². The SMILES string of the molecule is O=C(CSc1nncs1)N=c1sccn1Cc1ccccc1Cl. The molecule has 0 aliphatic heterocycles. The minimum Gasteiger partial charge on any atom is -0.319 e. The molecule has 9 heteroatoms. The number of amides is 1. The molecule has 118 valence electrons. The average molecular weight is 383 g/mol. The van der Waals surface area contributed by atoms with Crippen LogP contribution in [0.3, 0.4) is 0 Å². The summed E-state index contributed by atoms with van der Waals surface area (Å²) in [6, 6.07) is 7.65. The van der Waals surface area contributed by atoms with Crippen LogP contribution in [0.4, 0.5) is 0 Å². The number of rotatable bonds is 5. The van der Waals surface area contributed by atoms with Gasteiger partial charge in [0.25, 0.3) is 5.91 Å². The molecule has 0 aliphatic rings. The molecular formula is C14H11ClN4OS3. The first-order chi connectivity index (χ1) is 11.2. The van der Waals surface area contributed by atoms with Crippen LogP contribution in [-0.2, 0) is 11.3 Å². The Hall–Kier alpha value is -1.48. The van der Waals surface area contributed by atoms with Crippen LogP contribution >= 0.6 is 46.0 Å². The van der Waals surface area contributed by atoms with Crippen molar-refractivity contribution in [2.75, 3.05) is 5.75 Å². The van der Waals surface area contributed by atoms with E-state index in [4.69, 9.17) is 11.6 Å². The van der Waals surface area contributed by atoms with Crippen molar-refractivity contribution in [3.8, 4) is 0 Å². The molecule has 0 unspecified atom stereocenters. The van der Waals surface area contributed by atoms with Crippen molar-refractivity contribution in [1.82, 2.24) is 14.8 Å². The summed E-state index contributed by atoms with van der Waals surface area (Å²) in [4.78, 5) is 16.9. The van der Waals surface area contributed by atoms with Crippen LogP contribution in [0, 0.1) is 0 Å². The largest absolute Gasteiger partial charge is 0.319 e. The van der Waals surface area contributed by atoms with E-state index in [1.807, 2.05) is 40.4 Å². The van der Waals surface area contributed by atoms with Gasteiger partial charge in [0.1, 0.15) is 5.51 Å². The molecule has 5 nitrogen and oxygen atoms in total. The van der Waals surface area contributed by atoms with Crippen LogP contribution in [0.5, 0.6) is 0 Å². The molecule has 2 heterocycles. The summed E-state index contributed by atoms with van der Waals surface area (Å²) >= 11 is 10.4. The second-order valence-corrected chi connectivity index (χ2v) is 7.74. The van der Waals surface area contributed by atoms with Gasteiger partial charge in [0.05, 0.1) is 12.3 Å². The third-order valence-electron chi connectivity index (χ3n) is 2.84. The van der Waals surface area contributed by atoms with E-state index < -0.39 is 0 Å². The van der Waals surface area contributed by atoms with E-state index in [0.717, 1.165) is 9.90 Å². The molecule has 23 heavy (non-hydrogen) atoms. The monoisotopic (exact) mass is 382 g/mol. The van der Waals surface area contributed by atoms with E-state index in [1.165, 1.54) is 34.4 Å². The predicted molar refractivity (Wildman–Crippen MR) is 94.1 cm³/mol. The topological polar surface area (TPSA) is 60.1 Å². The highest BCUT2D eigenvalue weighted by Gasteiger charge is 2.06. The van der Waals surface area contributed by atoms with Gasteiger partial charge in [0.15, 0.2) is 9.14 Å². The Balaban J connectivity index is 1.72. The summed E-state index contributed by atoms with van der Waals surface area (Å²) in [5, 5.41) is 10.2. The highest BCUT2D eigenvalue weighted by molar-refractivity contribution is 8.01. The Kier molecular flexibility index (Phi) is 5.60. The molecule has 0 bridgehead atoms. The van der Waals surface area contributed by atoms with Crippen LogP contribution in [-0.4, -0.2) is 26.4 Å². The number of hydrogen-bond acceptors (Lipinski definition) is 6. The quantitative estimate of drug-likeness (QED) is 0.635. The molecule has 0 atom stereocenters. The van der Waals surface area contributed by atoms with E-state index in [0.29, 0.717) is 16.4 Å². The third kappa shape index (κ3) is 4.51. The molecule has 0 fully saturated rings. The lowest BCUT2D eigenvalue weighted by Crippen LogP contribution is -2.17. The number of benzene rings is 1. The van der Waals surface area contributed by atoms with E-state index in [2.05, 4.69) is 15.2 Å². The zero-order chi connectivity index (χ0) is 16.1. The number of aromatic nitrogens is 3. The lowest BCUT2D eigenvalue weighted by atomic mass is 10.2. The first-order valence-corrected chi connectivity index (χ1v) is 9.68. The van der Waals surface area contributed by atoms with Crippen molar-refractivity contribution in [3.63, 3.8) is 0 Å². The Morgan fingerprint density at radius 2 is 2.22 bits per heavy atom. The van der Waals surface area contributed by atoms with Crippen molar-refractivity contribution in [1.29, 1.82) is 0 Å². The van der Waals surface area contributed by atoms with E-state index in [1.54, 1.807) is 5.51 Å². The number of thiazole rings is 1. The van der Waals surface area contributed by atoms with Gasteiger partial charge in [-0.05, 0) is 11.6 Å². The molecule has 3 rings (SSSR count). The fraction of sp³-hybridized carbons (Fsp3) is 0.143. The highest BCUT2D eigenvalue weighted by Crippen LogP contribution is 2.18. The summed E-state index contributed by atoms with van der Waals surface area (Å²) in [5.74, 6) is 0.0553. The minimum absolute atomic E-state index is 0.194. The number of carbonyl (C=O) groups excluding carboxylic acids is 1. The van der Waals surface area contributed by atoms with Crippen LogP contribution in [0.1, 0.15) is 5.56 Å². The van der Waals surface area contributed by atoms with Crippen LogP contribution in [0.25, 0.3) is 0 Å². The Labute approximate surface area is 149 Å². The Bertz CT molecular complexity index is 857. The third-order valence-corrected chi connectivity index (χ3v) is 5.85. The number of halogens is 1. The molecule has 2 aromatic heterocycles. The number of nitrogens with zero attached hydrogens (tertiary/aromatic N) is 4. The van der Waals surface area contributed by atoms with Crippen molar-refractivity contribution >= 4 is 51.9 Å². The van der Waals surface area contributed by atoms with Gasteiger partial charge in [-0.15, -0.1) is 21.5 Å². The zero-order valence-electron chi connectivity index (χ0n) is 11.8. The lowest BCUT2D eigenvalue weighted by Gasteiger charge is -2.05. The molecule has 0 radical (unpaired) electrons. The second-order valence-electron chi connectivity index (χ2n) is 4.40. The summed E-state index contributed by atoms with van der Waals surface area (Å²) in [7, 11) is 0. The van der Waals surface area contributed by atoms with Gasteiger partial charge in [-0.25, -0.2) is 0 Å². The fourth-order valence-electron chi connectivity index (χ4n) is 1.81. The first kappa shape index (κ1) is 16.4. The van der Waals surface area contributed by atoms with Gasteiger partial charge in [0.2, 0.25) is 0 Å². The standard InChI is InChI=1S/C14H11ClN4OS3/c15-11-4-2-1-3-10(11)7-19-5-6-21-13(19)17-12(20)8-22-14-18-16-9-23-14/h1-6,9H,7-8H2. The summed E-state index contributed by atoms with van der Waals surface area (Å²) in [6.07, 6.45) is 1.90. The molecule has 0 saturated carbocycles.